The Morgan fingerprint density at radius 2 is 1.29 bits per heavy atom. The zero-order valence-corrected chi connectivity index (χ0v) is 13.7. The van der Waals surface area contributed by atoms with Gasteiger partial charge >= 0.3 is 0 Å². The molecule has 7 heteroatoms. The lowest BCUT2D eigenvalue weighted by atomic mass is 10.0. The van der Waals surface area contributed by atoms with Crippen LogP contribution in [0, 0.1) is 6.92 Å². The first kappa shape index (κ1) is 16.3. The van der Waals surface area contributed by atoms with Crippen LogP contribution in [0.15, 0.2) is 24.3 Å². The second-order valence-electron chi connectivity index (χ2n) is 3.46. The zero-order valence-electron chi connectivity index (χ0n) is 8.46. The molecule has 17 heavy (non-hydrogen) atoms. The van der Waals surface area contributed by atoms with Crippen LogP contribution >= 0.6 is 81.2 Å². The summed E-state index contributed by atoms with van der Waals surface area (Å²) in [5.74, 6) is 0. The van der Waals surface area contributed by atoms with Gasteiger partial charge in [-0.15, -0.1) is 0 Å². The van der Waals surface area contributed by atoms with Crippen molar-refractivity contribution in [3.05, 3.63) is 35.4 Å². The first-order chi connectivity index (χ1) is 7.52. The molecule has 0 aliphatic rings. The lowest BCUT2D eigenvalue weighted by molar-refractivity contribution is 0.695. The van der Waals surface area contributed by atoms with Crippen LogP contribution in [-0.2, 0) is 4.33 Å². The molecular formula is C10H7Cl7. The molecule has 0 spiro atoms. The number of benzene rings is 1. The molecule has 0 atom stereocenters. The van der Waals surface area contributed by atoms with Crippen LogP contribution in [0.5, 0.6) is 0 Å². The van der Waals surface area contributed by atoms with Gasteiger partial charge in [0, 0.05) is 0 Å². The third-order valence-electron chi connectivity index (χ3n) is 2.23. The van der Waals surface area contributed by atoms with Gasteiger partial charge in [0.2, 0.25) is 8.13 Å². The van der Waals surface area contributed by atoms with E-state index in [1.165, 1.54) is 0 Å². The molecule has 96 valence electrons. The summed E-state index contributed by atoms with van der Waals surface area (Å²) < 4.78 is -5.80. The second-order valence-corrected chi connectivity index (χ2v) is 8.40. The summed E-state index contributed by atoms with van der Waals surface area (Å²) >= 11 is 41.5. The van der Waals surface area contributed by atoms with Crippen molar-refractivity contribution in [1.82, 2.24) is 0 Å². The molecule has 0 fully saturated rings. The highest BCUT2D eigenvalue weighted by Crippen LogP contribution is 2.60. The second kappa shape index (κ2) is 5.32. The van der Waals surface area contributed by atoms with Crippen LogP contribution in [0.4, 0.5) is 0 Å². The van der Waals surface area contributed by atoms with Gasteiger partial charge in [0.05, 0.1) is 0 Å². The Bertz CT molecular complexity index is 405. The maximum absolute atomic E-state index is 6.19. The summed E-state index contributed by atoms with van der Waals surface area (Å²) in [6.07, 6.45) is 0. The van der Waals surface area contributed by atoms with Gasteiger partial charge in [-0.1, -0.05) is 105 Å². The highest BCUT2D eigenvalue weighted by atomic mass is 35.6. The molecule has 0 nitrogen and oxygen atoms in total. The molecular weight excluding hydrogens is 368 g/mol. The Kier molecular flexibility index (Phi) is 5.11. The molecule has 0 unspecified atom stereocenters. The quantitative estimate of drug-likeness (QED) is 0.543. The highest BCUT2D eigenvalue weighted by molar-refractivity contribution is 6.78. The minimum Gasteiger partial charge on any atom is -0.0930 e. The fourth-order valence-electron chi connectivity index (χ4n) is 1.27. The molecule has 0 bridgehead atoms. The maximum atomic E-state index is 6.19. The summed E-state index contributed by atoms with van der Waals surface area (Å²) in [5.41, 5.74) is 1.28. The number of alkyl halides is 7. The van der Waals surface area contributed by atoms with Crippen LogP contribution in [0.1, 0.15) is 11.1 Å². The summed E-state index contributed by atoms with van der Waals surface area (Å²) in [7, 11) is 0. The number of hydrogen-bond donors (Lipinski definition) is 0. The van der Waals surface area contributed by atoms with Gasteiger partial charge in [-0.05, 0) is 18.1 Å². The summed E-state index contributed by atoms with van der Waals surface area (Å²) in [4.78, 5) is 0. The largest absolute Gasteiger partial charge is 0.226 e. The first-order valence-electron chi connectivity index (χ1n) is 4.40. The molecule has 0 amide bonds. The van der Waals surface area contributed by atoms with E-state index >= 15 is 0 Å². The fraction of sp³-hybridized carbons (Fsp3) is 0.400. The third-order valence-corrected chi connectivity index (χ3v) is 6.16. The van der Waals surface area contributed by atoms with E-state index in [9.17, 15) is 0 Å². The van der Waals surface area contributed by atoms with Gasteiger partial charge in [-0.25, -0.2) is 0 Å². The predicted octanol–water partition coefficient (Wildman–Crippen LogP) is 6.17. The number of hydrogen-bond acceptors (Lipinski definition) is 0. The molecule has 1 rings (SSSR count). The Morgan fingerprint density at radius 3 is 1.71 bits per heavy atom. The maximum Gasteiger partial charge on any atom is 0.226 e. The van der Waals surface area contributed by atoms with E-state index in [-0.39, 0.29) is 0 Å². The van der Waals surface area contributed by atoms with Crippen LogP contribution in [-0.4, -0.2) is 8.13 Å². The van der Waals surface area contributed by atoms with Crippen molar-refractivity contribution >= 4 is 81.2 Å². The monoisotopic (exact) mass is 372 g/mol. The Labute approximate surface area is 135 Å². The SMILES string of the molecule is Cc1ccccc1C(Cl)(Cl)C(Cl)(Cl)C(Cl)(Cl)Cl. The molecule has 0 radical (unpaired) electrons. The van der Waals surface area contributed by atoms with Gasteiger partial charge in [0.1, 0.15) is 0 Å². The lowest BCUT2D eigenvalue weighted by Crippen LogP contribution is -2.45. The summed E-state index contributed by atoms with van der Waals surface area (Å²) in [6.45, 7) is 1.80. The van der Waals surface area contributed by atoms with E-state index in [0.29, 0.717) is 5.56 Å². The van der Waals surface area contributed by atoms with E-state index < -0.39 is 12.5 Å². The Morgan fingerprint density at radius 1 is 0.824 bits per heavy atom. The fourth-order valence-corrected chi connectivity index (χ4v) is 2.90. The van der Waals surface area contributed by atoms with Crippen molar-refractivity contribution < 1.29 is 0 Å². The summed E-state index contributed by atoms with van der Waals surface area (Å²) in [6, 6.07) is 7.04. The van der Waals surface area contributed by atoms with Gasteiger partial charge in [0.25, 0.3) is 0 Å². The van der Waals surface area contributed by atoms with Crippen molar-refractivity contribution in [3.63, 3.8) is 0 Å². The van der Waals surface area contributed by atoms with Gasteiger partial charge in [-0.3, -0.25) is 0 Å². The molecule has 0 aliphatic heterocycles. The predicted molar refractivity (Wildman–Crippen MR) is 79.3 cm³/mol. The smallest absolute Gasteiger partial charge is 0.0930 e. The van der Waals surface area contributed by atoms with E-state index in [1.807, 2.05) is 6.07 Å². The molecule has 0 aromatic heterocycles. The van der Waals surface area contributed by atoms with Crippen LogP contribution < -0.4 is 0 Å². The van der Waals surface area contributed by atoms with E-state index in [4.69, 9.17) is 81.2 Å². The van der Waals surface area contributed by atoms with Gasteiger partial charge in [0.15, 0.2) is 4.33 Å². The van der Waals surface area contributed by atoms with Crippen molar-refractivity contribution in [1.29, 1.82) is 0 Å². The molecule has 0 saturated carbocycles. The number of aryl methyl sites for hydroxylation is 1. The highest BCUT2D eigenvalue weighted by Gasteiger charge is 2.61. The van der Waals surface area contributed by atoms with E-state index in [0.717, 1.165) is 5.56 Å². The normalized spacial score (nSPS) is 13.9. The minimum atomic E-state index is -2.04. The van der Waals surface area contributed by atoms with Crippen molar-refractivity contribution in [3.8, 4) is 0 Å². The minimum absolute atomic E-state index is 0.486. The Balaban J connectivity index is 3.34. The standard InChI is InChI=1S/C10H7Cl7/c1-6-4-2-3-5-7(6)8(11,12)9(13,14)10(15,16)17/h2-5H,1H3. The molecule has 0 N–H and O–H groups in total. The molecule has 0 saturated heterocycles. The van der Waals surface area contributed by atoms with Crippen molar-refractivity contribution in [2.24, 2.45) is 0 Å². The van der Waals surface area contributed by atoms with Gasteiger partial charge in [-0.2, -0.15) is 0 Å². The molecule has 0 aliphatic carbocycles. The van der Waals surface area contributed by atoms with Crippen LogP contribution in [0.3, 0.4) is 0 Å². The first-order valence-corrected chi connectivity index (χ1v) is 7.05. The lowest BCUT2D eigenvalue weighted by Gasteiger charge is -2.38. The topological polar surface area (TPSA) is 0 Å². The van der Waals surface area contributed by atoms with Gasteiger partial charge < -0.3 is 0 Å². The molecule has 1 aromatic rings. The number of halogens is 7. The van der Waals surface area contributed by atoms with Crippen molar-refractivity contribution in [2.75, 3.05) is 0 Å². The van der Waals surface area contributed by atoms with Crippen molar-refractivity contribution in [2.45, 2.75) is 19.4 Å². The Hall–Kier alpha value is 1.25. The van der Waals surface area contributed by atoms with E-state index in [2.05, 4.69) is 0 Å². The average Bonchev–Trinajstić information content (AvgIpc) is 2.16. The molecule has 0 heterocycles. The zero-order chi connectivity index (χ0) is 13.5. The van der Waals surface area contributed by atoms with Crippen LogP contribution in [0.2, 0.25) is 0 Å². The van der Waals surface area contributed by atoms with E-state index in [1.54, 1.807) is 25.1 Å². The number of rotatable bonds is 2. The third kappa shape index (κ3) is 3.05. The van der Waals surface area contributed by atoms with Crippen LogP contribution in [0.25, 0.3) is 0 Å². The summed E-state index contributed by atoms with van der Waals surface area (Å²) in [5, 5.41) is 0. The average molecular weight is 375 g/mol. The molecule has 1 aromatic carbocycles.